The lowest BCUT2D eigenvalue weighted by molar-refractivity contribution is 0.171. The smallest absolute Gasteiger partial charge is 0.229 e. The zero-order valence-electron chi connectivity index (χ0n) is 13.5. The van der Waals surface area contributed by atoms with Gasteiger partial charge < -0.3 is 20.1 Å². The molecule has 26 heavy (non-hydrogen) atoms. The number of halogens is 2. The summed E-state index contributed by atoms with van der Waals surface area (Å²) < 4.78 is 11.1. The second kappa shape index (κ2) is 7.27. The van der Waals surface area contributed by atoms with Gasteiger partial charge in [0.15, 0.2) is 11.5 Å². The van der Waals surface area contributed by atoms with E-state index in [0.29, 0.717) is 46.5 Å². The minimum absolute atomic E-state index is 0.400. The summed E-state index contributed by atoms with van der Waals surface area (Å²) in [7, 11) is 0. The average molecular weight is 389 g/mol. The number of nitrogens with zero attached hydrogens (tertiary/aromatic N) is 2. The number of aromatic nitrogens is 2. The van der Waals surface area contributed by atoms with Gasteiger partial charge in [-0.25, -0.2) is 4.98 Å². The molecule has 2 heterocycles. The third-order valence-corrected chi connectivity index (χ3v) is 4.49. The largest absolute Gasteiger partial charge is 0.486 e. The van der Waals surface area contributed by atoms with E-state index in [4.69, 9.17) is 32.7 Å². The van der Waals surface area contributed by atoms with Crippen molar-refractivity contribution in [2.24, 2.45) is 0 Å². The van der Waals surface area contributed by atoms with Crippen molar-refractivity contribution in [1.82, 2.24) is 9.97 Å². The number of fused-ring (bicyclic) bond motifs is 1. The number of benzene rings is 2. The predicted molar refractivity (Wildman–Crippen MR) is 102 cm³/mol. The van der Waals surface area contributed by atoms with Crippen molar-refractivity contribution in [3.05, 3.63) is 58.7 Å². The van der Waals surface area contributed by atoms with Crippen molar-refractivity contribution in [2.75, 3.05) is 23.8 Å². The number of hydrogen-bond donors (Lipinski definition) is 2. The van der Waals surface area contributed by atoms with Crippen molar-refractivity contribution >= 4 is 46.3 Å². The lowest BCUT2D eigenvalue weighted by atomic mass is 10.2. The Morgan fingerprint density at radius 2 is 1.77 bits per heavy atom. The summed E-state index contributed by atoms with van der Waals surface area (Å²) in [5, 5.41) is 7.17. The van der Waals surface area contributed by atoms with Gasteiger partial charge in [-0.1, -0.05) is 29.3 Å². The van der Waals surface area contributed by atoms with Crippen molar-refractivity contribution in [3.8, 4) is 11.5 Å². The molecule has 0 aliphatic carbocycles. The van der Waals surface area contributed by atoms with Gasteiger partial charge in [0, 0.05) is 18.0 Å². The zero-order chi connectivity index (χ0) is 17.9. The highest BCUT2D eigenvalue weighted by molar-refractivity contribution is 6.43. The second-order valence-corrected chi connectivity index (χ2v) is 6.26. The van der Waals surface area contributed by atoms with E-state index in [9.17, 15) is 0 Å². The van der Waals surface area contributed by atoms with Gasteiger partial charge in [0.2, 0.25) is 5.95 Å². The minimum atomic E-state index is 0.400. The zero-order valence-corrected chi connectivity index (χ0v) is 15.0. The molecule has 4 rings (SSSR count). The first-order chi connectivity index (χ1) is 12.7. The number of hydrogen-bond acceptors (Lipinski definition) is 6. The Hall–Kier alpha value is -2.70. The Morgan fingerprint density at radius 1 is 0.923 bits per heavy atom. The van der Waals surface area contributed by atoms with E-state index < -0.39 is 0 Å². The highest BCUT2D eigenvalue weighted by Crippen LogP contribution is 2.34. The molecule has 1 aliphatic rings. The number of anilines is 4. The summed E-state index contributed by atoms with van der Waals surface area (Å²) in [6, 6.07) is 12.7. The summed E-state index contributed by atoms with van der Waals surface area (Å²) in [5.41, 5.74) is 1.47. The summed E-state index contributed by atoms with van der Waals surface area (Å²) in [6.07, 6.45) is 1.65. The van der Waals surface area contributed by atoms with Gasteiger partial charge in [0.05, 0.1) is 15.7 Å². The third kappa shape index (κ3) is 3.61. The van der Waals surface area contributed by atoms with Crippen LogP contribution in [0.2, 0.25) is 10.0 Å². The quantitative estimate of drug-likeness (QED) is 0.652. The van der Waals surface area contributed by atoms with Crippen LogP contribution in [0.15, 0.2) is 48.7 Å². The van der Waals surface area contributed by atoms with Crippen LogP contribution in [0.1, 0.15) is 0 Å². The maximum atomic E-state index is 6.19. The number of nitrogens with one attached hydrogen (secondary N) is 2. The normalized spacial score (nSPS) is 12.5. The molecule has 1 aromatic heterocycles. The topological polar surface area (TPSA) is 68.3 Å². The first kappa shape index (κ1) is 16.8. The molecule has 0 unspecified atom stereocenters. The number of ether oxygens (including phenoxy) is 2. The second-order valence-electron chi connectivity index (χ2n) is 5.48. The SMILES string of the molecule is Clc1cccc(Nc2nccc(Nc3ccc4c(c3)OCCO4)n2)c1Cl. The van der Waals surface area contributed by atoms with E-state index in [2.05, 4.69) is 20.6 Å². The molecule has 132 valence electrons. The molecule has 0 bridgehead atoms. The molecule has 6 nitrogen and oxygen atoms in total. The lowest BCUT2D eigenvalue weighted by Gasteiger charge is -2.19. The van der Waals surface area contributed by atoms with Crippen LogP contribution in [-0.2, 0) is 0 Å². The van der Waals surface area contributed by atoms with Crippen LogP contribution in [0.4, 0.5) is 23.1 Å². The molecule has 0 saturated carbocycles. The summed E-state index contributed by atoms with van der Waals surface area (Å²) in [6.45, 7) is 1.10. The van der Waals surface area contributed by atoms with Gasteiger partial charge in [0.1, 0.15) is 19.0 Å². The van der Waals surface area contributed by atoms with Gasteiger partial charge in [-0.3, -0.25) is 0 Å². The highest BCUT2D eigenvalue weighted by atomic mass is 35.5. The van der Waals surface area contributed by atoms with E-state index in [1.165, 1.54) is 0 Å². The van der Waals surface area contributed by atoms with Gasteiger partial charge in [0.25, 0.3) is 0 Å². The van der Waals surface area contributed by atoms with E-state index in [0.717, 1.165) is 11.4 Å². The Labute approximate surface area is 160 Å². The lowest BCUT2D eigenvalue weighted by Crippen LogP contribution is -2.15. The summed E-state index contributed by atoms with van der Waals surface area (Å²) >= 11 is 12.2. The molecule has 8 heteroatoms. The van der Waals surface area contributed by atoms with Gasteiger partial charge in [-0.05, 0) is 30.3 Å². The Kier molecular flexibility index (Phi) is 4.69. The van der Waals surface area contributed by atoms with Crippen molar-refractivity contribution in [2.45, 2.75) is 0 Å². The fourth-order valence-corrected chi connectivity index (χ4v) is 2.83. The first-order valence-electron chi connectivity index (χ1n) is 7.90. The van der Waals surface area contributed by atoms with Gasteiger partial charge >= 0.3 is 0 Å². The summed E-state index contributed by atoms with van der Waals surface area (Å²) in [4.78, 5) is 8.65. The molecule has 3 aromatic rings. The third-order valence-electron chi connectivity index (χ3n) is 3.67. The molecule has 0 atom stereocenters. The fraction of sp³-hybridized carbons (Fsp3) is 0.111. The highest BCUT2D eigenvalue weighted by Gasteiger charge is 2.12. The maximum absolute atomic E-state index is 6.19. The summed E-state index contributed by atoms with van der Waals surface area (Å²) in [5.74, 6) is 2.47. The van der Waals surface area contributed by atoms with Crippen LogP contribution in [0.25, 0.3) is 0 Å². The molecule has 0 radical (unpaired) electrons. The van der Waals surface area contributed by atoms with Crippen LogP contribution in [0.5, 0.6) is 11.5 Å². The maximum Gasteiger partial charge on any atom is 0.229 e. The molecule has 0 amide bonds. The van der Waals surface area contributed by atoms with Crippen LogP contribution < -0.4 is 20.1 Å². The van der Waals surface area contributed by atoms with Crippen molar-refractivity contribution in [1.29, 1.82) is 0 Å². The molecule has 0 saturated heterocycles. The van der Waals surface area contributed by atoms with E-state index in [-0.39, 0.29) is 0 Å². The molecular formula is C18H14Cl2N4O2. The van der Waals surface area contributed by atoms with Crippen LogP contribution in [0, 0.1) is 0 Å². The Bertz CT molecular complexity index is 952. The Morgan fingerprint density at radius 3 is 2.65 bits per heavy atom. The average Bonchev–Trinajstić information content (AvgIpc) is 2.66. The monoisotopic (exact) mass is 388 g/mol. The molecule has 2 N–H and O–H groups in total. The molecular weight excluding hydrogens is 375 g/mol. The Balaban J connectivity index is 1.53. The van der Waals surface area contributed by atoms with Crippen LogP contribution in [0.3, 0.4) is 0 Å². The van der Waals surface area contributed by atoms with Crippen molar-refractivity contribution < 1.29 is 9.47 Å². The van der Waals surface area contributed by atoms with E-state index in [1.54, 1.807) is 30.5 Å². The van der Waals surface area contributed by atoms with E-state index in [1.807, 2.05) is 18.2 Å². The number of rotatable bonds is 4. The standard InChI is InChI=1S/C18H14Cl2N4O2/c19-12-2-1-3-13(17(12)20)23-18-21-7-6-16(24-18)22-11-4-5-14-15(10-11)26-9-8-25-14/h1-7,10H,8-9H2,(H2,21,22,23,24). The first-order valence-corrected chi connectivity index (χ1v) is 8.65. The van der Waals surface area contributed by atoms with E-state index >= 15 is 0 Å². The van der Waals surface area contributed by atoms with Crippen LogP contribution >= 0.6 is 23.2 Å². The van der Waals surface area contributed by atoms with Gasteiger partial charge in [-0.15, -0.1) is 0 Å². The molecule has 2 aromatic carbocycles. The fourth-order valence-electron chi connectivity index (χ4n) is 2.48. The van der Waals surface area contributed by atoms with Crippen molar-refractivity contribution in [3.63, 3.8) is 0 Å². The molecule has 0 fully saturated rings. The molecule has 0 spiro atoms. The minimum Gasteiger partial charge on any atom is -0.486 e. The van der Waals surface area contributed by atoms with Gasteiger partial charge in [-0.2, -0.15) is 4.98 Å². The molecule has 1 aliphatic heterocycles. The van der Waals surface area contributed by atoms with Crippen LogP contribution in [-0.4, -0.2) is 23.2 Å². The predicted octanol–water partition coefficient (Wildman–Crippen LogP) is 5.04.